The van der Waals surface area contributed by atoms with Gasteiger partial charge in [-0.1, -0.05) is 18.5 Å². The number of piperidine rings is 1. The number of hydrogen-bond acceptors (Lipinski definition) is 3. The normalized spacial score (nSPS) is 25.6. The first-order chi connectivity index (χ1) is 8.52. The van der Waals surface area contributed by atoms with Crippen LogP contribution in [0.1, 0.15) is 31.7 Å². The summed E-state index contributed by atoms with van der Waals surface area (Å²) in [5, 5.41) is 15.0. The van der Waals surface area contributed by atoms with E-state index in [4.69, 9.17) is 11.6 Å². The van der Waals surface area contributed by atoms with E-state index >= 15 is 0 Å². The standard InChI is InChI=1S/C13H22ClN3O/c1-4-17-11(13(14)10(3)15-17)8-16-6-5-12(18)9(2)7-16/h9,12,18H,4-8H2,1-3H3. The molecular weight excluding hydrogens is 250 g/mol. The van der Waals surface area contributed by atoms with Crippen molar-refractivity contribution in [2.75, 3.05) is 13.1 Å². The molecule has 2 unspecified atom stereocenters. The van der Waals surface area contributed by atoms with Gasteiger partial charge in [0.05, 0.1) is 22.5 Å². The zero-order valence-corrected chi connectivity index (χ0v) is 12.1. The van der Waals surface area contributed by atoms with Crippen molar-refractivity contribution in [2.24, 2.45) is 5.92 Å². The SMILES string of the molecule is CCn1nc(C)c(Cl)c1CN1CCC(O)C(C)C1. The molecule has 1 fully saturated rings. The van der Waals surface area contributed by atoms with Gasteiger partial charge in [-0.25, -0.2) is 0 Å². The molecule has 0 spiro atoms. The Bertz CT molecular complexity index is 419. The maximum atomic E-state index is 9.75. The number of aromatic nitrogens is 2. The van der Waals surface area contributed by atoms with Crippen LogP contribution in [0.5, 0.6) is 0 Å². The van der Waals surface area contributed by atoms with Crippen LogP contribution in [0, 0.1) is 12.8 Å². The van der Waals surface area contributed by atoms with E-state index in [1.807, 2.05) is 11.6 Å². The van der Waals surface area contributed by atoms with Gasteiger partial charge in [-0.2, -0.15) is 5.10 Å². The van der Waals surface area contributed by atoms with Gasteiger partial charge in [0.25, 0.3) is 0 Å². The van der Waals surface area contributed by atoms with Crippen LogP contribution in [-0.2, 0) is 13.1 Å². The largest absolute Gasteiger partial charge is 0.393 e. The van der Waals surface area contributed by atoms with Crippen LogP contribution >= 0.6 is 11.6 Å². The van der Waals surface area contributed by atoms with Gasteiger partial charge in [0.1, 0.15) is 0 Å². The zero-order valence-electron chi connectivity index (χ0n) is 11.4. The van der Waals surface area contributed by atoms with Crippen molar-refractivity contribution in [3.63, 3.8) is 0 Å². The maximum absolute atomic E-state index is 9.75. The second kappa shape index (κ2) is 5.59. The molecule has 0 radical (unpaired) electrons. The Balaban J connectivity index is 2.10. The minimum Gasteiger partial charge on any atom is -0.393 e. The van der Waals surface area contributed by atoms with Crippen LogP contribution in [0.3, 0.4) is 0 Å². The Morgan fingerprint density at radius 2 is 2.22 bits per heavy atom. The van der Waals surface area contributed by atoms with Gasteiger partial charge < -0.3 is 5.11 Å². The Morgan fingerprint density at radius 1 is 1.50 bits per heavy atom. The fourth-order valence-electron chi connectivity index (χ4n) is 2.60. The summed E-state index contributed by atoms with van der Waals surface area (Å²) in [6.07, 6.45) is 0.687. The van der Waals surface area contributed by atoms with Gasteiger partial charge in [0, 0.05) is 26.2 Å². The summed E-state index contributed by atoms with van der Waals surface area (Å²) in [5.41, 5.74) is 2.00. The lowest BCUT2D eigenvalue weighted by Gasteiger charge is -2.34. The highest BCUT2D eigenvalue weighted by Crippen LogP contribution is 2.24. The van der Waals surface area contributed by atoms with Gasteiger partial charge in [-0.3, -0.25) is 9.58 Å². The molecule has 0 aliphatic carbocycles. The van der Waals surface area contributed by atoms with E-state index in [9.17, 15) is 5.11 Å². The minimum atomic E-state index is -0.158. The van der Waals surface area contributed by atoms with Crippen molar-refractivity contribution in [3.05, 3.63) is 16.4 Å². The second-order valence-electron chi connectivity index (χ2n) is 5.23. The van der Waals surface area contributed by atoms with E-state index in [1.54, 1.807) is 0 Å². The molecule has 102 valence electrons. The van der Waals surface area contributed by atoms with Crippen LogP contribution in [-0.4, -0.2) is 39.0 Å². The first kappa shape index (κ1) is 13.8. The summed E-state index contributed by atoms with van der Waals surface area (Å²) < 4.78 is 1.98. The van der Waals surface area contributed by atoms with Gasteiger partial charge in [0.15, 0.2) is 0 Å². The van der Waals surface area contributed by atoms with E-state index in [2.05, 4.69) is 23.8 Å². The average molecular weight is 272 g/mol. The molecule has 1 saturated heterocycles. The molecule has 2 atom stereocenters. The summed E-state index contributed by atoms with van der Waals surface area (Å²) in [5.74, 6) is 0.330. The number of aliphatic hydroxyl groups excluding tert-OH is 1. The minimum absolute atomic E-state index is 0.158. The van der Waals surface area contributed by atoms with Crippen molar-refractivity contribution in [1.82, 2.24) is 14.7 Å². The lowest BCUT2D eigenvalue weighted by molar-refractivity contribution is 0.0311. The molecule has 1 N–H and O–H groups in total. The van der Waals surface area contributed by atoms with Gasteiger partial charge in [-0.15, -0.1) is 0 Å². The third-order valence-corrected chi connectivity index (χ3v) is 4.26. The Kier molecular flexibility index (Phi) is 4.30. The first-order valence-electron chi connectivity index (χ1n) is 6.65. The monoisotopic (exact) mass is 271 g/mol. The number of rotatable bonds is 3. The molecule has 1 aliphatic rings. The van der Waals surface area contributed by atoms with Gasteiger partial charge in [-0.05, 0) is 26.2 Å². The number of halogens is 1. The molecule has 4 nitrogen and oxygen atoms in total. The second-order valence-corrected chi connectivity index (χ2v) is 5.61. The van der Waals surface area contributed by atoms with Crippen LogP contribution in [0.15, 0.2) is 0 Å². The number of nitrogens with zero attached hydrogens (tertiary/aromatic N) is 3. The van der Waals surface area contributed by atoms with Crippen molar-refractivity contribution >= 4 is 11.6 Å². The van der Waals surface area contributed by atoms with E-state index in [-0.39, 0.29) is 6.10 Å². The Labute approximate surface area is 114 Å². The Hall–Kier alpha value is -0.580. The van der Waals surface area contributed by atoms with Crippen LogP contribution < -0.4 is 0 Å². The van der Waals surface area contributed by atoms with Crippen molar-refractivity contribution in [2.45, 2.75) is 46.4 Å². The number of likely N-dealkylation sites (tertiary alicyclic amines) is 1. The van der Waals surface area contributed by atoms with Crippen LogP contribution in [0.25, 0.3) is 0 Å². The smallest absolute Gasteiger partial charge is 0.0860 e. The maximum Gasteiger partial charge on any atom is 0.0860 e. The summed E-state index contributed by atoms with van der Waals surface area (Å²) in [4.78, 5) is 2.35. The number of aryl methyl sites for hydroxylation is 2. The third kappa shape index (κ3) is 2.71. The molecule has 18 heavy (non-hydrogen) atoms. The highest BCUT2D eigenvalue weighted by atomic mass is 35.5. The van der Waals surface area contributed by atoms with E-state index in [0.717, 1.165) is 49.0 Å². The van der Waals surface area contributed by atoms with Crippen molar-refractivity contribution in [3.8, 4) is 0 Å². The molecule has 0 saturated carbocycles. The zero-order chi connectivity index (χ0) is 13.3. The first-order valence-corrected chi connectivity index (χ1v) is 7.03. The fourth-order valence-corrected chi connectivity index (χ4v) is 2.79. The Morgan fingerprint density at radius 3 is 2.83 bits per heavy atom. The molecule has 2 heterocycles. The molecule has 0 amide bonds. The molecule has 0 bridgehead atoms. The third-order valence-electron chi connectivity index (χ3n) is 3.77. The molecule has 2 rings (SSSR count). The van der Waals surface area contributed by atoms with Crippen LogP contribution in [0.4, 0.5) is 0 Å². The summed E-state index contributed by atoms with van der Waals surface area (Å²) in [7, 11) is 0. The lowest BCUT2D eigenvalue weighted by atomic mass is 9.97. The van der Waals surface area contributed by atoms with Gasteiger partial charge >= 0.3 is 0 Å². The summed E-state index contributed by atoms with van der Waals surface area (Å²) >= 11 is 6.32. The molecule has 0 aromatic carbocycles. The highest BCUT2D eigenvalue weighted by Gasteiger charge is 2.25. The number of hydrogen-bond donors (Lipinski definition) is 1. The molecule has 1 aromatic rings. The highest BCUT2D eigenvalue weighted by molar-refractivity contribution is 6.31. The predicted molar refractivity (Wildman–Crippen MR) is 72.7 cm³/mol. The number of aliphatic hydroxyl groups is 1. The summed E-state index contributed by atoms with van der Waals surface area (Å²) in [6.45, 7) is 9.64. The van der Waals surface area contributed by atoms with E-state index in [1.165, 1.54) is 0 Å². The molecule has 1 aromatic heterocycles. The lowest BCUT2D eigenvalue weighted by Crippen LogP contribution is -2.41. The van der Waals surface area contributed by atoms with Crippen LogP contribution in [0.2, 0.25) is 5.02 Å². The quantitative estimate of drug-likeness (QED) is 0.915. The molecule has 5 heteroatoms. The molecule has 1 aliphatic heterocycles. The average Bonchev–Trinajstić information content (AvgIpc) is 2.61. The topological polar surface area (TPSA) is 41.3 Å². The molecular formula is C13H22ClN3O. The predicted octanol–water partition coefficient (Wildman–Crippen LogP) is 2.07. The fraction of sp³-hybridized carbons (Fsp3) is 0.769. The van der Waals surface area contributed by atoms with E-state index in [0.29, 0.717) is 5.92 Å². The van der Waals surface area contributed by atoms with Crippen molar-refractivity contribution < 1.29 is 5.11 Å². The van der Waals surface area contributed by atoms with Gasteiger partial charge in [0.2, 0.25) is 0 Å². The summed E-state index contributed by atoms with van der Waals surface area (Å²) in [6, 6.07) is 0. The van der Waals surface area contributed by atoms with E-state index < -0.39 is 0 Å². The van der Waals surface area contributed by atoms with Crippen molar-refractivity contribution in [1.29, 1.82) is 0 Å².